The number of carboxylic acids is 1. The summed E-state index contributed by atoms with van der Waals surface area (Å²) in [6, 6.07) is 1.27. The van der Waals surface area contributed by atoms with Crippen LogP contribution in [0.25, 0.3) is 0 Å². The van der Waals surface area contributed by atoms with Gasteiger partial charge in [0.1, 0.15) is 9.77 Å². The van der Waals surface area contributed by atoms with Crippen molar-refractivity contribution in [2.75, 3.05) is 13.2 Å². The highest BCUT2D eigenvalue weighted by Gasteiger charge is 2.26. The van der Waals surface area contributed by atoms with Crippen LogP contribution in [0.15, 0.2) is 16.3 Å². The van der Waals surface area contributed by atoms with Gasteiger partial charge in [0.25, 0.3) is 0 Å². The van der Waals surface area contributed by atoms with Crippen molar-refractivity contribution in [3.05, 3.63) is 16.3 Å². The fourth-order valence-electron chi connectivity index (χ4n) is 1.42. The van der Waals surface area contributed by atoms with E-state index in [1.54, 1.807) is 0 Å². The zero-order valence-electron chi connectivity index (χ0n) is 10.7. The number of hydrogen-bond donors (Lipinski definition) is 3. The average Bonchev–Trinajstić information content (AvgIpc) is 2.76. The molecule has 19 heavy (non-hydrogen) atoms. The number of hydrogen-bond acceptors (Lipinski definition) is 5. The predicted molar refractivity (Wildman–Crippen MR) is 72.0 cm³/mol. The van der Waals surface area contributed by atoms with Crippen LogP contribution >= 0.6 is 11.3 Å². The molecule has 0 saturated carbocycles. The molecule has 0 bridgehead atoms. The van der Waals surface area contributed by atoms with E-state index in [-0.39, 0.29) is 22.9 Å². The minimum Gasteiger partial charge on any atom is -0.477 e. The largest absolute Gasteiger partial charge is 0.477 e. The molecule has 0 atom stereocenters. The van der Waals surface area contributed by atoms with Gasteiger partial charge >= 0.3 is 5.97 Å². The van der Waals surface area contributed by atoms with Gasteiger partial charge in [0.2, 0.25) is 10.0 Å². The average molecular weight is 307 g/mol. The number of aromatic carboxylic acids is 1. The van der Waals surface area contributed by atoms with Crippen LogP contribution in [-0.2, 0) is 10.0 Å². The highest BCUT2D eigenvalue weighted by atomic mass is 32.2. The lowest BCUT2D eigenvalue weighted by molar-refractivity contribution is 0.0698. The maximum absolute atomic E-state index is 12.0. The summed E-state index contributed by atoms with van der Waals surface area (Å²) in [6.07, 6.45) is 0.449. The van der Waals surface area contributed by atoms with Crippen LogP contribution in [0.4, 0.5) is 0 Å². The Kier molecular flexibility index (Phi) is 5.08. The van der Waals surface area contributed by atoms with Gasteiger partial charge in [-0.05, 0) is 23.3 Å². The van der Waals surface area contributed by atoms with Gasteiger partial charge in [-0.15, -0.1) is 11.3 Å². The maximum Gasteiger partial charge on any atom is 0.347 e. The molecule has 6 nitrogen and oxygen atoms in total. The first-order valence-electron chi connectivity index (χ1n) is 5.61. The summed E-state index contributed by atoms with van der Waals surface area (Å²) in [7, 11) is -3.85. The van der Waals surface area contributed by atoms with Crippen molar-refractivity contribution in [3.8, 4) is 0 Å². The Morgan fingerprint density at radius 3 is 2.63 bits per heavy atom. The Balaban J connectivity index is 2.88. The summed E-state index contributed by atoms with van der Waals surface area (Å²) < 4.78 is 26.5. The molecule has 0 aliphatic carbocycles. The molecule has 1 rings (SSSR count). The lowest BCUT2D eigenvalue weighted by Gasteiger charge is -2.23. The van der Waals surface area contributed by atoms with Gasteiger partial charge in [-0.3, -0.25) is 0 Å². The molecular formula is C11H17NO5S2. The van der Waals surface area contributed by atoms with Crippen molar-refractivity contribution in [1.82, 2.24) is 4.72 Å². The molecule has 8 heteroatoms. The number of aliphatic hydroxyl groups is 1. The van der Waals surface area contributed by atoms with E-state index in [1.165, 1.54) is 11.4 Å². The second kappa shape index (κ2) is 6.00. The number of aliphatic hydroxyl groups excluding tert-OH is 1. The predicted octanol–water partition coefficient (Wildman–Crippen LogP) is 1.13. The molecule has 1 heterocycles. The summed E-state index contributed by atoms with van der Waals surface area (Å²) in [6.45, 7) is 3.73. The molecular weight excluding hydrogens is 290 g/mol. The number of carboxylic acid groups (broad SMARTS) is 1. The molecule has 0 spiro atoms. The standard InChI is InChI=1S/C11H17NO5S2/c1-11(2,4-5-13)7-12-19(16,17)8-3-6-18-9(8)10(14)15/h3,6,12-13H,4-5,7H2,1-2H3,(H,14,15). The molecule has 0 fully saturated rings. The molecule has 1 aromatic heterocycles. The third-order valence-electron chi connectivity index (χ3n) is 2.64. The number of rotatable bonds is 7. The fraction of sp³-hybridized carbons (Fsp3) is 0.545. The van der Waals surface area contributed by atoms with E-state index in [2.05, 4.69) is 4.72 Å². The summed E-state index contributed by atoms with van der Waals surface area (Å²) in [4.78, 5) is 10.5. The molecule has 0 unspecified atom stereocenters. The van der Waals surface area contributed by atoms with Crippen LogP contribution in [0, 0.1) is 5.41 Å². The van der Waals surface area contributed by atoms with Crippen molar-refractivity contribution >= 4 is 27.3 Å². The molecule has 0 aliphatic heterocycles. The van der Waals surface area contributed by atoms with E-state index in [4.69, 9.17) is 10.2 Å². The van der Waals surface area contributed by atoms with Crippen LogP contribution < -0.4 is 4.72 Å². The van der Waals surface area contributed by atoms with E-state index in [1.807, 2.05) is 13.8 Å². The first-order valence-corrected chi connectivity index (χ1v) is 7.97. The highest BCUT2D eigenvalue weighted by Crippen LogP contribution is 2.23. The number of thiophene rings is 1. The maximum atomic E-state index is 12.0. The third-order valence-corrected chi connectivity index (χ3v) is 5.12. The molecule has 0 aromatic carbocycles. The van der Waals surface area contributed by atoms with Crippen molar-refractivity contribution < 1.29 is 23.4 Å². The summed E-state index contributed by atoms with van der Waals surface area (Å²) >= 11 is 0.869. The second-order valence-electron chi connectivity index (χ2n) is 4.88. The topological polar surface area (TPSA) is 104 Å². The lowest BCUT2D eigenvalue weighted by Crippen LogP contribution is -2.34. The Morgan fingerprint density at radius 1 is 1.47 bits per heavy atom. The zero-order valence-corrected chi connectivity index (χ0v) is 12.3. The normalized spacial score (nSPS) is 12.6. The number of nitrogens with one attached hydrogen (secondary N) is 1. The van der Waals surface area contributed by atoms with Crippen LogP contribution in [0.3, 0.4) is 0 Å². The minimum absolute atomic E-state index is 0.0342. The van der Waals surface area contributed by atoms with E-state index in [9.17, 15) is 13.2 Å². The molecule has 0 aliphatic rings. The van der Waals surface area contributed by atoms with Crippen LogP contribution in [0.5, 0.6) is 0 Å². The SMILES string of the molecule is CC(C)(CCO)CNS(=O)(=O)c1ccsc1C(=O)O. The second-order valence-corrected chi connectivity index (χ2v) is 7.53. The minimum atomic E-state index is -3.85. The first kappa shape index (κ1) is 16.1. The molecule has 0 saturated heterocycles. The zero-order chi connectivity index (χ0) is 14.7. The van der Waals surface area contributed by atoms with Crippen LogP contribution in [-0.4, -0.2) is 37.8 Å². The van der Waals surface area contributed by atoms with Crippen molar-refractivity contribution in [2.45, 2.75) is 25.2 Å². The number of sulfonamides is 1. The molecule has 0 amide bonds. The molecule has 3 N–H and O–H groups in total. The summed E-state index contributed by atoms with van der Waals surface area (Å²) in [5, 5.41) is 19.2. The summed E-state index contributed by atoms with van der Waals surface area (Å²) in [5.41, 5.74) is -0.402. The van der Waals surface area contributed by atoms with Gasteiger partial charge in [0.15, 0.2) is 0 Å². The Labute approximate surface area is 116 Å². The monoisotopic (exact) mass is 307 g/mol. The summed E-state index contributed by atoms with van der Waals surface area (Å²) in [5.74, 6) is -1.26. The van der Waals surface area contributed by atoms with Gasteiger partial charge in [-0.1, -0.05) is 13.8 Å². The van der Waals surface area contributed by atoms with Gasteiger partial charge in [-0.25, -0.2) is 17.9 Å². The van der Waals surface area contributed by atoms with Gasteiger partial charge < -0.3 is 10.2 Å². The molecule has 0 radical (unpaired) electrons. The van der Waals surface area contributed by atoms with Gasteiger partial charge in [-0.2, -0.15) is 0 Å². The van der Waals surface area contributed by atoms with E-state index in [0.29, 0.717) is 6.42 Å². The van der Waals surface area contributed by atoms with E-state index in [0.717, 1.165) is 11.3 Å². The van der Waals surface area contributed by atoms with Crippen LogP contribution in [0.1, 0.15) is 29.9 Å². The number of carbonyl (C=O) groups is 1. The fourth-order valence-corrected chi connectivity index (χ4v) is 3.92. The van der Waals surface area contributed by atoms with Crippen LogP contribution in [0.2, 0.25) is 0 Å². The quantitative estimate of drug-likeness (QED) is 0.700. The lowest BCUT2D eigenvalue weighted by atomic mass is 9.90. The first-order chi connectivity index (χ1) is 8.69. The van der Waals surface area contributed by atoms with E-state index >= 15 is 0 Å². The third kappa shape index (κ3) is 4.27. The highest BCUT2D eigenvalue weighted by molar-refractivity contribution is 7.89. The van der Waals surface area contributed by atoms with Gasteiger partial charge in [0.05, 0.1) is 0 Å². The van der Waals surface area contributed by atoms with E-state index < -0.39 is 21.4 Å². The molecule has 108 valence electrons. The van der Waals surface area contributed by atoms with Crippen molar-refractivity contribution in [1.29, 1.82) is 0 Å². The van der Waals surface area contributed by atoms with Crippen molar-refractivity contribution in [3.63, 3.8) is 0 Å². The Hall–Kier alpha value is -0.960. The Bertz CT molecular complexity index is 547. The molecule has 1 aromatic rings. The van der Waals surface area contributed by atoms with Crippen molar-refractivity contribution in [2.24, 2.45) is 5.41 Å². The smallest absolute Gasteiger partial charge is 0.347 e. The Morgan fingerprint density at radius 2 is 2.11 bits per heavy atom. The van der Waals surface area contributed by atoms with Gasteiger partial charge in [0, 0.05) is 13.2 Å².